The van der Waals surface area contributed by atoms with Crippen LogP contribution in [0, 0.1) is 0 Å². The van der Waals surface area contributed by atoms with Gasteiger partial charge in [0.15, 0.2) is 0 Å². The number of amides is 1. The Morgan fingerprint density at radius 3 is 3.10 bits per heavy atom. The van der Waals surface area contributed by atoms with Crippen molar-refractivity contribution in [3.8, 4) is 0 Å². The summed E-state index contributed by atoms with van der Waals surface area (Å²) in [4.78, 5) is 26.4. The van der Waals surface area contributed by atoms with Crippen LogP contribution in [0.4, 0.5) is 0 Å². The maximum absolute atomic E-state index is 12.3. The summed E-state index contributed by atoms with van der Waals surface area (Å²) in [6, 6.07) is 3.85. The van der Waals surface area contributed by atoms with Gasteiger partial charge in [-0.1, -0.05) is 0 Å². The first-order chi connectivity index (χ1) is 9.66. The van der Waals surface area contributed by atoms with Gasteiger partial charge in [0.05, 0.1) is 11.7 Å². The lowest BCUT2D eigenvalue weighted by Crippen LogP contribution is -2.45. The fraction of sp³-hybridized carbons (Fsp3) is 0.500. The van der Waals surface area contributed by atoms with Gasteiger partial charge in [0, 0.05) is 18.8 Å². The Balaban J connectivity index is 1.83. The van der Waals surface area contributed by atoms with E-state index in [9.17, 15) is 9.59 Å². The lowest BCUT2D eigenvalue weighted by molar-refractivity contribution is -0.135. The number of aromatic nitrogens is 3. The standard InChI is InChI=1S/C14H18N4O2/c1-11-5-2-3-7-16(11)13(19)10-18-14(20)17-8-4-6-12(17)9-15-18/h4,6,8-9,11H,2-3,5,7,10H2,1H3. The summed E-state index contributed by atoms with van der Waals surface area (Å²) in [7, 11) is 0. The molecule has 3 rings (SSSR count). The molecule has 2 aromatic rings. The van der Waals surface area contributed by atoms with Crippen molar-refractivity contribution in [1.29, 1.82) is 0 Å². The molecular formula is C14H18N4O2. The second-order valence-corrected chi connectivity index (χ2v) is 5.32. The Hall–Kier alpha value is -2.11. The fourth-order valence-electron chi connectivity index (χ4n) is 2.77. The average Bonchev–Trinajstić information content (AvgIpc) is 2.91. The predicted molar refractivity (Wildman–Crippen MR) is 74.5 cm³/mol. The third kappa shape index (κ3) is 2.21. The van der Waals surface area contributed by atoms with E-state index in [-0.39, 0.29) is 24.2 Å². The molecule has 6 heteroatoms. The van der Waals surface area contributed by atoms with E-state index >= 15 is 0 Å². The molecule has 0 radical (unpaired) electrons. The largest absolute Gasteiger partial charge is 0.349 e. The number of likely N-dealkylation sites (tertiary alicyclic amines) is 1. The quantitative estimate of drug-likeness (QED) is 0.817. The normalized spacial score (nSPS) is 19.4. The molecule has 0 aliphatic carbocycles. The molecule has 1 aliphatic heterocycles. The van der Waals surface area contributed by atoms with Crippen LogP contribution >= 0.6 is 0 Å². The van der Waals surface area contributed by atoms with E-state index in [1.165, 1.54) is 15.5 Å². The Labute approximate surface area is 116 Å². The number of fused-ring (bicyclic) bond motifs is 1. The highest BCUT2D eigenvalue weighted by molar-refractivity contribution is 5.76. The summed E-state index contributed by atoms with van der Waals surface area (Å²) in [5.41, 5.74) is 0.468. The lowest BCUT2D eigenvalue weighted by atomic mass is 10.0. The van der Waals surface area contributed by atoms with Crippen LogP contribution in [0.5, 0.6) is 0 Å². The summed E-state index contributed by atoms with van der Waals surface area (Å²) < 4.78 is 2.73. The molecule has 106 valence electrons. The molecule has 0 spiro atoms. The van der Waals surface area contributed by atoms with Crippen LogP contribution in [-0.4, -0.2) is 37.6 Å². The number of carbonyl (C=O) groups is 1. The number of rotatable bonds is 2. The number of carbonyl (C=O) groups excluding carboxylic acids is 1. The highest BCUT2D eigenvalue weighted by Crippen LogP contribution is 2.16. The summed E-state index contributed by atoms with van der Waals surface area (Å²) >= 11 is 0. The zero-order valence-corrected chi connectivity index (χ0v) is 11.5. The second-order valence-electron chi connectivity index (χ2n) is 5.32. The highest BCUT2D eigenvalue weighted by atomic mass is 16.2. The maximum atomic E-state index is 12.3. The van der Waals surface area contributed by atoms with E-state index in [4.69, 9.17) is 0 Å². The van der Waals surface area contributed by atoms with E-state index in [0.29, 0.717) is 0 Å². The smallest absolute Gasteiger partial charge is 0.338 e. The van der Waals surface area contributed by atoms with Crippen LogP contribution in [0.15, 0.2) is 29.3 Å². The first-order valence-corrected chi connectivity index (χ1v) is 6.99. The summed E-state index contributed by atoms with van der Waals surface area (Å²) in [5, 5.41) is 4.07. The molecule has 20 heavy (non-hydrogen) atoms. The molecule has 1 aliphatic rings. The SMILES string of the molecule is CC1CCCCN1C(=O)Cn1ncc2cccn2c1=O. The van der Waals surface area contributed by atoms with E-state index in [1.807, 2.05) is 11.0 Å². The molecule has 1 saturated heterocycles. The Kier molecular flexibility index (Phi) is 3.30. The zero-order chi connectivity index (χ0) is 14.1. The minimum Gasteiger partial charge on any atom is -0.338 e. The van der Waals surface area contributed by atoms with Gasteiger partial charge in [-0.15, -0.1) is 0 Å². The zero-order valence-electron chi connectivity index (χ0n) is 11.5. The van der Waals surface area contributed by atoms with E-state index < -0.39 is 0 Å². The second kappa shape index (κ2) is 5.11. The monoisotopic (exact) mass is 274 g/mol. The van der Waals surface area contributed by atoms with E-state index in [2.05, 4.69) is 12.0 Å². The Morgan fingerprint density at radius 2 is 2.30 bits per heavy atom. The third-order valence-electron chi connectivity index (χ3n) is 3.94. The van der Waals surface area contributed by atoms with Crippen LogP contribution in [-0.2, 0) is 11.3 Å². The lowest BCUT2D eigenvalue weighted by Gasteiger charge is -2.33. The van der Waals surface area contributed by atoms with Crippen LogP contribution in [0.3, 0.4) is 0 Å². The minimum absolute atomic E-state index is 0.0112. The first-order valence-electron chi connectivity index (χ1n) is 6.99. The molecule has 1 amide bonds. The van der Waals surface area contributed by atoms with Crippen molar-refractivity contribution >= 4 is 11.4 Å². The van der Waals surface area contributed by atoms with Crippen molar-refractivity contribution < 1.29 is 4.79 Å². The molecule has 0 saturated carbocycles. The van der Waals surface area contributed by atoms with Gasteiger partial charge in [-0.25, -0.2) is 9.48 Å². The summed E-state index contributed by atoms with van der Waals surface area (Å²) in [5.74, 6) is -0.0293. The van der Waals surface area contributed by atoms with Crippen molar-refractivity contribution in [2.75, 3.05) is 6.54 Å². The predicted octanol–water partition coefficient (Wildman–Crippen LogP) is 0.897. The van der Waals surface area contributed by atoms with Crippen LogP contribution in [0.1, 0.15) is 26.2 Å². The molecular weight excluding hydrogens is 256 g/mol. The molecule has 1 unspecified atom stereocenters. The molecule has 6 nitrogen and oxygen atoms in total. The fourth-order valence-corrected chi connectivity index (χ4v) is 2.77. The van der Waals surface area contributed by atoms with Crippen LogP contribution in [0.25, 0.3) is 5.52 Å². The van der Waals surface area contributed by atoms with Crippen molar-refractivity contribution in [2.24, 2.45) is 0 Å². The van der Waals surface area contributed by atoms with Crippen LogP contribution < -0.4 is 5.69 Å². The molecule has 0 bridgehead atoms. The van der Waals surface area contributed by atoms with Gasteiger partial charge in [0.25, 0.3) is 0 Å². The van der Waals surface area contributed by atoms with Gasteiger partial charge in [-0.2, -0.15) is 5.10 Å². The van der Waals surface area contributed by atoms with Gasteiger partial charge in [-0.3, -0.25) is 9.20 Å². The highest BCUT2D eigenvalue weighted by Gasteiger charge is 2.23. The summed E-state index contributed by atoms with van der Waals surface area (Å²) in [6.45, 7) is 2.85. The van der Waals surface area contributed by atoms with Gasteiger partial charge >= 0.3 is 5.69 Å². The molecule has 2 aromatic heterocycles. The first kappa shape index (κ1) is 12.9. The van der Waals surface area contributed by atoms with Crippen molar-refractivity contribution in [2.45, 2.75) is 38.8 Å². The number of piperidine rings is 1. The van der Waals surface area contributed by atoms with Crippen molar-refractivity contribution in [3.05, 3.63) is 35.0 Å². The molecule has 1 atom stereocenters. The maximum Gasteiger partial charge on any atom is 0.349 e. The van der Waals surface area contributed by atoms with E-state index in [0.717, 1.165) is 24.9 Å². The Morgan fingerprint density at radius 1 is 1.45 bits per heavy atom. The average molecular weight is 274 g/mol. The van der Waals surface area contributed by atoms with Gasteiger partial charge in [0.2, 0.25) is 5.91 Å². The topological polar surface area (TPSA) is 59.6 Å². The van der Waals surface area contributed by atoms with Crippen molar-refractivity contribution in [1.82, 2.24) is 19.1 Å². The Bertz CT molecular complexity index is 688. The minimum atomic E-state index is -0.273. The molecule has 1 fully saturated rings. The van der Waals surface area contributed by atoms with Crippen LogP contribution in [0.2, 0.25) is 0 Å². The third-order valence-corrected chi connectivity index (χ3v) is 3.94. The molecule has 0 aromatic carbocycles. The molecule has 3 heterocycles. The van der Waals surface area contributed by atoms with Gasteiger partial charge in [-0.05, 0) is 38.3 Å². The number of nitrogens with zero attached hydrogens (tertiary/aromatic N) is 4. The molecule has 0 N–H and O–H groups in total. The van der Waals surface area contributed by atoms with E-state index in [1.54, 1.807) is 18.5 Å². The van der Waals surface area contributed by atoms with Gasteiger partial charge < -0.3 is 4.90 Å². The number of hydrogen-bond acceptors (Lipinski definition) is 3. The number of hydrogen-bond donors (Lipinski definition) is 0. The summed E-state index contributed by atoms with van der Waals surface area (Å²) in [6.07, 6.45) is 6.52. The van der Waals surface area contributed by atoms with Crippen molar-refractivity contribution in [3.63, 3.8) is 0 Å². The van der Waals surface area contributed by atoms with Gasteiger partial charge in [0.1, 0.15) is 6.54 Å².